The van der Waals surface area contributed by atoms with Gasteiger partial charge in [-0.15, -0.1) is 0 Å². The number of urea groups is 1. The molecule has 192 valence electrons. The van der Waals surface area contributed by atoms with Gasteiger partial charge in [-0.3, -0.25) is 15.0 Å². The van der Waals surface area contributed by atoms with Crippen molar-refractivity contribution >= 4 is 57.6 Å². The molecule has 0 saturated carbocycles. The van der Waals surface area contributed by atoms with Crippen molar-refractivity contribution in [2.24, 2.45) is 0 Å². The predicted molar refractivity (Wildman–Crippen MR) is 154 cm³/mol. The molecule has 1 heterocycles. The van der Waals surface area contributed by atoms with E-state index in [9.17, 15) is 9.59 Å². The molecular formula is C28H34ClN3O3S. The summed E-state index contributed by atoms with van der Waals surface area (Å²) in [4.78, 5) is 25.9. The molecule has 1 aliphatic heterocycles. The molecule has 3 amide bonds. The van der Waals surface area contributed by atoms with Crippen LogP contribution in [0.3, 0.4) is 0 Å². The second-order valence-corrected chi connectivity index (χ2v) is 10.2. The number of imide groups is 1. The highest BCUT2D eigenvalue weighted by Crippen LogP contribution is 2.48. The van der Waals surface area contributed by atoms with Gasteiger partial charge in [-0.1, -0.05) is 76.4 Å². The number of ether oxygens (including phenoxy) is 1. The highest BCUT2D eigenvalue weighted by atomic mass is 35.5. The monoisotopic (exact) mass is 527 g/mol. The molecular weight excluding hydrogens is 494 g/mol. The lowest BCUT2D eigenvalue weighted by Gasteiger charge is -2.32. The molecule has 3 aromatic carbocycles. The average molecular weight is 528 g/mol. The van der Waals surface area contributed by atoms with Crippen LogP contribution in [0.15, 0.2) is 42.5 Å². The standard InChI is InChI=1S/C26H28ClN3O3S.C2H6/c1-26(2,3)19-14-20(30-11-10-21(31)28-25(30)32)23(27)22(24(19)33-4)17-7-6-16-13-18(29-34-5)9-8-15(16)12-17;1-2/h6-9,12-14,29H,10-11H2,1-5H3,(H,28,31,32);1-2H3. The molecule has 1 fully saturated rings. The Morgan fingerprint density at radius 2 is 1.72 bits per heavy atom. The molecule has 1 saturated heterocycles. The minimum Gasteiger partial charge on any atom is -0.496 e. The van der Waals surface area contributed by atoms with Gasteiger partial charge < -0.3 is 9.46 Å². The van der Waals surface area contributed by atoms with Gasteiger partial charge in [0.05, 0.1) is 17.8 Å². The van der Waals surface area contributed by atoms with E-state index in [-0.39, 0.29) is 24.3 Å². The number of carbonyl (C=O) groups excluding carboxylic acids is 2. The summed E-state index contributed by atoms with van der Waals surface area (Å²) in [6, 6.07) is 13.8. The van der Waals surface area contributed by atoms with Gasteiger partial charge in [0.25, 0.3) is 0 Å². The summed E-state index contributed by atoms with van der Waals surface area (Å²) in [7, 11) is 1.64. The topological polar surface area (TPSA) is 70.7 Å². The van der Waals surface area contributed by atoms with Crippen LogP contribution in [0.4, 0.5) is 16.2 Å². The number of nitrogens with one attached hydrogen (secondary N) is 2. The van der Waals surface area contributed by atoms with Crippen LogP contribution in [-0.2, 0) is 10.2 Å². The first kappa shape index (κ1) is 27.7. The Bertz CT molecular complexity index is 1290. The van der Waals surface area contributed by atoms with Gasteiger partial charge in [-0.05, 0) is 46.0 Å². The van der Waals surface area contributed by atoms with E-state index in [0.29, 0.717) is 16.5 Å². The van der Waals surface area contributed by atoms with Crippen molar-refractivity contribution in [1.29, 1.82) is 0 Å². The van der Waals surface area contributed by atoms with E-state index in [2.05, 4.69) is 55.1 Å². The maximum absolute atomic E-state index is 12.7. The van der Waals surface area contributed by atoms with Crippen LogP contribution in [0.2, 0.25) is 5.02 Å². The van der Waals surface area contributed by atoms with Crippen molar-refractivity contribution in [2.45, 2.75) is 46.5 Å². The van der Waals surface area contributed by atoms with Crippen molar-refractivity contribution in [2.75, 3.05) is 29.5 Å². The highest BCUT2D eigenvalue weighted by Gasteiger charge is 2.32. The van der Waals surface area contributed by atoms with Crippen LogP contribution in [0, 0.1) is 0 Å². The zero-order valence-electron chi connectivity index (χ0n) is 21.9. The van der Waals surface area contributed by atoms with Gasteiger partial charge in [0.1, 0.15) is 5.75 Å². The summed E-state index contributed by atoms with van der Waals surface area (Å²) in [5, 5.41) is 4.96. The Morgan fingerprint density at radius 1 is 1.06 bits per heavy atom. The first-order chi connectivity index (χ1) is 17.1. The van der Waals surface area contributed by atoms with Crippen LogP contribution in [0.5, 0.6) is 5.75 Å². The number of rotatable bonds is 5. The quantitative estimate of drug-likeness (QED) is 0.334. The zero-order valence-corrected chi connectivity index (χ0v) is 23.5. The minimum atomic E-state index is -0.471. The van der Waals surface area contributed by atoms with Crippen molar-refractivity contribution < 1.29 is 14.3 Å². The Labute approximate surface area is 222 Å². The van der Waals surface area contributed by atoms with Crippen molar-refractivity contribution in [3.05, 3.63) is 53.1 Å². The molecule has 3 aromatic rings. The Balaban J connectivity index is 0.00000176. The number of carbonyl (C=O) groups is 2. The van der Waals surface area contributed by atoms with Gasteiger partial charge in [-0.25, -0.2) is 4.79 Å². The minimum absolute atomic E-state index is 0.219. The number of amides is 3. The summed E-state index contributed by atoms with van der Waals surface area (Å²) in [5.41, 5.74) is 3.86. The lowest BCUT2D eigenvalue weighted by Crippen LogP contribution is -2.49. The molecule has 0 aromatic heterocycles. The van der Waals surface area contributed by atoms with Gasteiger partial charge in [0.15, 0.2) is 0 Å². The summed E-state index contributed by atoms with van der Waals surface area (Å²) < 4.78 is 9.17. The third-order valence-corrected chi connectivity index (χ3v) is 6.73. The maximum Gasteiger partial charge on any atom is 0.328 e. The molecule has 0 bridgehead atoms. The fourth-order valence-electron chi connectivity index (χ4n) is 4.23. The van der Waals surface area contributed by atoms with Crippen LogP contribution >= 0.6 is 23.5 Å². The molecule has 0 spiro atoms. The first-order valence-corrected chi connectivity index (χ1v) is 13.6. The molecule has 8 heteroatoms. The predicted octanol–water partition coefficient (Wildman–Crippen LogP) is 7.63. The number of hydrogen-bond donors (Lipinski definition) is 2. The van der Waals surface area contributed by atoms with E-state index in [1.807, 2.05) is 38.3 Å². The lowest BCUT2D eigenvalue weighted by atomic mass is 9.83. The van der Waals surface area contributed by atoms with Gasteiger partial charge in [0.2, 0.25) is 5.91 Å². The largest absolute Gasteiger partial charge is 0.496 e. The number of fused-ring (bicyclic) bond motifs is 1. The Morgan fingerprint density at radius 3 is 2.33 bits per heavy atom. The summed E-state index contributed by atoms with van der Waals surface area (Å²) in [5.74, 6) is 0.391. The SMILES string of the molecule is CC.COc1c(C(C)(C)C)cc(N2CCC(=O)NC2=O)c(Cl)c1-c1ccc2cc(NSC)ccc2c1. The van der Waals surface area contributed by atoms with Crippen molar-refractivity contribution in [3.63, 3.8) is 0 Å². The Kier molecular flexibility index (Phi) is 8.80. The molecule has 0 atom stereocenters. The number of benzene rings is 3. The van der Waals surface area contributed by atoms with Crippen LogP contribution in [-0.4, -0.2) is 31.8 Å². The van der Waals surface area contributed by atoms with Crippen molar-refractivity contribution in [3.8, 4) is 16.9 Å². The Hall–Kier alpha value is -2.90. The number of nitrogens with zero attached hydrogens (tertiary/aromatic N) is 1. The number of halogens is 1. The van der Waals surface area contributed by atoms with Gasteiger partial charge >= 0.3 is 6.03 Å². The van der Waals surface area contributed by atoms with E-state index < -0.39 is 6.03 Å². The van der Waals surface area contributed by atoms with Crippen LogP contribution < -0.4 is 19.7 Å². The fourth-order valence-corrected chi connectivity index (χ4v) is 4.94. The molecule has 6 nitrogen and oxygen atoms in total. The molecule has 0 aliphatic carbocycles. The molecule has 0 radical (unpaired) electrons. The zero-order chi connectivity index (χ0) is 26.6. The highest BCUT2D eigenvalue weighted by molar-refractivity contribution is 7.99. The summed E-state index contributed by atoms with van der Waals surface area (Å²) >= 11 is 8.55. The molecule has 1 aliphatic rings. The number of methoxy groups -OCH3 is 1. The first-order valence-electron chi connectivity index (χ1n) is 12.0. The summed E-state index contributed by atoms with van der Waals surface area (Å²) in [6.07, 6.45) is 2.20. The number of hydrogen-bond acceptors (Lipinski definition) is 5. The van der Waals surface area contributed by atoms with E-state index in [4.69, 9.17) is 16.3 Å². The average Bonchev–Trinajstić information content (AvgIpc) is 2.84. The fraction of sp³-hybridized carbons (Fsp3) is 0.357. The second kappa shape index (κ2) is 11.4. The van der Waals surface area contributed by atoms with Gasteiger partial charge in [-0.2, -0.15) is 0 Å². The van der Waals surface area contributed by atoms with Crippen LogP contribution in [0.25, 0.3) is 21.9 Å². The molecule has 36 heavy (non-hydrogen) atoms. The molecule has 0 unspecified atom stereocenters. The number of anilines is 2. The van der Waals surface area contributed by atoms with E-state index in [0.717, 1.165) is 33.2 Å². The second-order valence-electron chi connectivity index (χ2n) is 9.25. The lowest BCUT2D eigenvalue weighted by molar-refractivity contribution is -0.120. The smallest absolute Gasteiger partial charge is 0.328 e. The van der Waals surface area contributed by atoms with Crippen molar-refractivity contribution in [1.82, 2.24) is 5.32 Å². The third-order valence-electron chi connectivity index (χ3n) is 5.90. The normalized spacial score (nSPS) is 13.7. The molecule has 4 rings (SSSR count). The maximum atomic E-state index is 12.7. The van der Waals surface area contributed by atoms with Gasteiger partial charge in [0, 0.05) is 36.0 Å². The van der Waals surface area contributed by atoms with E-state index >= 15 is 0 Å². The summed E-state index contributed by atoms with van der Waals surface area (Å²) in [6.45, 7) is 10.5. The van der Waals surface area contributed by atoms with E-state index in [1.165, 1.54) is 4.90 Å². The van der Waals surface area contributed by atoms with Crippen LogP contribution in [0.1, 0.15) is 46.6 Å². The van der Waals surface area contributed by atoms with E-state index in [1.54, 1.807) is 19.1 Å². The third kappa shape index (κ3) is 5.57. The molecule has 2 N–H and O–H groups in total.